The van der Waals surface area contributed by atoms with E-state index in [1.54, 1.807) is 20.8 Å². The Morgan fingerprint density at radius 3 is 2.36 bits per heavy atom. The van der Waals surface area contributed by atoms with Gasteiger partial charge >= 0.3 is 5.97 Å². The Balaban J connectivity index is 2.34. The summed E-state index contributed by atoms with van der Waals surface area (Å²) in [5.41, 5.74) is -1.53. The van der Waals surface area contributed by atoms with Gasteiger partial charge in [-0.3, -0.25) is 4.79 Å². The third-order valence-electron chi connectivity index (χ3n) is 2.40. The van der Waals surface area contributed by atoms with Gasteiger partial charge < -0.3 is 14.9 Å². The molecule has 1 saturated carbocycles. The summed E-state index contributed by atoms with van der Waals surface area (Å²) in [6, 6.07) is 0. The second-order valence-corrected chi connectivity index (χ2v) is 5.07. The number of rotatable bonds is 2. The fraction of sp³-hybridized carbons (Fsp3) is 0.900. The van der Waals surface area contributed by atoms with Crippen LogP contribution >= 0.6 is 0 Å². The molecule has 1 aliphatic rings. The summed E-state index contributed by atoms with van der Waals surface area (Å²) in [5, 5.41) is 18.2. The van der Waals surface area contributed by atoms with Crippen LogP contribution in [0.1, 0.15) is 33.6 Å². The van der Waals surface area contributed by atoms with Gasteiger partial charge in [-0.05, 0) is 20.8 Å². The van der Waals surface area contributed by atoms with Crippen LogP contribution in [0.5, 0.6) is 0 Å². The van der Waals surface area contributed by atoms with E-state index in [4.69, 9.17) is 9.84 Å². The number of hydrogen-bond acceptors (Lipinski definition) is 4. The highest BCUT2D eigenvalue weighted by Gasteiger charge is 2.45. The van der Waals surface area contributed by atoms with E-state index in [1.807, 2.05) is 0 Å². The normalized spacial score (nSPS) is 32.2. The van der Waals surface area contributed by atoms with Crippen LogP contribution < -0.4 is 0 Å². The SMILES string of the molecule is CC(C)(C)C(=O)OC1CC(O)(CO)C1. The molecule has 1 fully saturated rings. The van der Waals surface area contributed by atoms with E-state index in [9.17, 15) is 9.90 Å². The summed E-state index contributed by atoms with van der Waals surface area (Å²) in [4.78, 5) is 11.4. The molecule has 0 radical (unpaired) electrons. The third-order valence-corrected chi connectivity index (χ3v) is 2.40. The number of aliphatic hydroxyl groups excluding tert-OH is 1. The molecule has 82 valence electrons. The van der Waals surface area contributed by atoms with E-state index in [1.165, 1.54) is 0 Å². The molecule has 0 aromatic heterocycles. The van der Waals surface area contributed by atoms with Gasteiger partial charge in [0, 0.05) is 12.8 Å². The van der Waals surface area contributed by atoms with Crippen LogP contribution in [0.2, 0.25) is 0 Å². The highest BCUT2D eigenvalue weighted by atomic mass is 16.5. The molecule has 0 amide bonds. The maximum Gasteiger partial charge on any atom is 0.311 e. The fourth-order valence-electron chi connectivity index (χ4n) is 1.33. The van der Waals surface area contributed by atoms with Crippen molar-refractivity contribution in [2.75, 3.05) is 6.61 Å². The molecule has 2 N–H and O–H groups in total. The molecular weight excluding hydrogens is 184 g/mol. The zero-order valence-corrected chi connectivity index (χ0v) is 8.91. The molecule has 0 saturated heterocycles. The zero-order chi connectivity index (χ0) is 11.0. The number of aliphatic hydroxyl groups is 2. The van der Waals surface area contributed by atoms with Crippen LogP contribution in [0.4, 0.5) is 0 Å². The largest absolute Gasteiger partial charge is 0.462 e. The Hall–Kier alpha value is -0.610. The average molecular weight is 202 g/mol. The molecule has 14 heavy (non-hydrogen) atoms. The molecular formula is C10H18O4. The van der Waals surface area contributed by atoms with Gasteiger partial charge in [-0.2, -0.15) is 0 Å². The smallest absolute Gasteiger partial charge is 0.311 e. The van der Waals surface area contributed by atoms with Crippen molar-refractivity contribution in [2.45, 2.75) is 45.3 Å². The van der Waals surface area contributed by atoms with Crippen molar-refractivity contribution in [1.82, 2.24) is 0 Å². The van der Waals surface area contributed by atoms with Crippen molar-refractivity contribution < 1.29 is 19.7 Å². The molecule has 1 rings (SSSR count). The Bertz CT molecular complexity index is 223. The quantitative estimate of drug-likeness (QED) is 0.638. The van der Waals surface area contributed by atoms with Gasteiger partial charge in [0.25, 0.3) is 0 Å². The van der Waals surface area contributed by atoms with E-state index in [0.29, 0.717) is 12.8 Å². The molecule has 0 heterocycles. The minimum absolute atomic E-state index is 0.237. The molecule has 4 heteroatoms. The summed E-state index contributed by atoms with van der Waals surface area (Å²) in [6.07, 6.45) is 0.440. The first-order valence-electron chi connectivity index (χ1n) is 4.81. The van der Waals surface area contributed by atoms with E-state index in [0.717, 1.165) is 0 Å². The van der Waals surface area contributed by atoms with Crippen molar-refractivity contribution >= 4 is 5.97 Å². The Kier molecular flexibility index (Phi) is 2.88. The molecule has 4 nitrogen and oxygen atoms in total. The summed E-state index contributed by atoms with van der Waals surface area (Å²) >= 11 is 0. The van der Waals surface area contributed by atoms with Crippen LogP contribution in [-0.4, -0.2) is 34.5 Å². The van der Waals surface area contributed by atoms with Gasteiger partial charge in [0.15, 0.2) is 0 Å². The summed E-state index contributed by atoms with van der Waals surface area (Å²) < 4.78 is 5.14. The lowest BCUT2D eigenvalue weighted by Crippen LogP contribution is -2.52. The predicted octanol–water partition coefficient (Wildman–Crippen LogP) is 0.461. The summed E-state index contributed by atoms with van der Waals surface area (Å²) in [7, 11) is 0. The van der Waals surface area contributed by atoms with Crippen molar-refractivity contribution in [3.05, 3.63) is 0 Å². The average Bonchev–Trinajstić information content (AvgIpc) is 1.99. The second-order valence-electron chi connectivity index (χ2n) is 5.07. The molecule has 0 unspecified atom stereocenters. The number of hydrogen-bond donors (Lipinski definition) is 2. The van der Waals surface area contributed by atoms with Crippen LogP contribution in [-0.2, 0) is 9.53 Å². The van der Waals surface area contributed by atoms with Crippen molar-refractivity contribution in [1.29, 1.82) is 0 Å². The lowest BCUT2D eigenvalue weighted by molar-refractivity contribution is -0.186. The van der Waals surface area contributed by atoms with E-state index in [2.05, 4.69) is 0 Å². The predicted molar refractivity (Wildman–Crippen MR) is 50.6 cm³/mol. The number of ether oxygens (including phenoxy) is 1. The van der Waals surface area contributed by atoms with Crippen LogP contribution in [0.3, 0.4) is 0 Å². The molecule has 0 aromatic rings. The summed E-state index contributed by atoms with van der Waals surface area (Å²) in [5.74, 6) is -0.262. The topological polar surface area (TPSA) is 66.8 Å². The maximum absolute atomic E-state index is 11.4. The minimum atomic E-state index is -1.02. The van der Waals surface area contributed by atoms with Crippen LogP contribution in [0, 0.1) is 5.41 Å². The number of carbonyl (C=O) groups is 1. The molecule has 0 spiro atoms. The van der Waals surface area contributed by atoms with E-state index >= 15 is 0 Å². The first-order chi connectivity index (χ1) is 6.27. The second kappa shape index (κ2) is 3.51. The maximum atomic E-state index is 11.4. The lowest BCUT2D eigenvalue weighted by Gasteiger charge is -2.42. The summed E-state index contributed by atoms with van der Waals surface area (Å²) in [6.45, 7) is 5.08. The Labute approximate surface area is 83.9 Å². The van der Waals surface area contributed by atoms with E-state index < -0.39 is 11.0 Å². The molecule has 0 atom stereocenters. The third kappa shape index (κ3) is 2.45. The molecule has 0 aliphatic heterocycles. The Morgan fingerprint density at radius 2 is 2.00 bits per heavy atom. The van der Waals surface area contributed by atoms with Crippen molar-refractivity contribution in [2.24, 2.45) is 5.41 Å². The van der Waals surface area contributed by atoms with Crippen molar-refractivity contribution in [3.8, 4) is 0 Å². The first kappa shape index (κ1) is 11.5. The fourth-order valence-corrected chi connectivity index (χ4v) is 1.33. The van der Waals surface area contributed by atoms with Gasteiger partial charge in [-0.25, -0.2) is 0 Å². The van der Waals surface area contributed by atoms with Gasteiger partial charge in [-0.1, -0.05) is 0 Å². The molecule has 1 aliphatic carbocycles. The molecule has 0 bridgehead atoms. The van der Waals surface area contributed by atoms with E-state index in [-0.39, 0.29) is 18.7 Å². The van der Waals surface area contributed by atoms with Gasteiger partial charge in [0.05, 0.1) is 17.6 Å². The van der Waals surface area contributed by atoms with Crippen LogP contribution in [0.25, 0.3) is 0 Å². The van der Waals surface area contributed by atoms with Gasteiger partial charge in [0.2, 0.25) is 0 Å². The first-order valence-corrected chi connectivity index (χ1v) is 4.81. The van der Waals surface area contributed by atoms with Gasteiger partial charge in [0.1, 0.15) is 6.10 Å². The highest BCUT2D eigenvalue weighted by Crippen LogP contribution is 2.35. The molecule has 0 aromatic carbocycles. The van der Waals surface area contributed by atoms with Gasteiger partial charge in [-0.15, -0.1) is 0 Å². The minimum Gasteiger partial charge on any atom is -0.462 e. The standard InChI is InChI=1S/C10H18O4/c1-9(2,3)8(12)14-7-4-10(13,5-7)6-11/h7,11,13H,4-6H2,1-3H3. The lowest BCUT2D eigenvalue weighted by atomic mass is 9.78. The monoisotopic (exact) mass is 202 g/mol. The Morgan fingerprint density at radius 1 is 1.50 bits per heavy atom. The van der Waals surface area contributed by atoms with Crippen LogP contribution in [0.15, 0.2) is 0 Å². The number of esters is 1. The van der Waals surface area contributed by atoms with Crippen molar-refractivity contribution in [3.63, 3.8) is 0 Å². The number of carbonyl (C=O) groups excluding carboxylic acids is 1. The highest BCUT2D eigenvalue weighted by molar-refractivity contribution is 5.75. The zero-order valence-electron chi connectivity index (χ0n) is 8.91.